The first-order valence-electron chi connectivity index (χ1n) is 6.50. The Hall–Kier alpha value is -1.26. The van der Waals surface area contributed by atoms with Gasteiger partial charge in [0.25, 0.3) is 5.91 Å². The van der Waals surface area contributed by atoms with Crippen LogP contribution in [-0.2, 0) is 4.79 Å². The number of nitrogens with one attached hydrogen (secondary N) is 1. The second-order valence-electron chi connectivity index (χ2n) is 4.75. The van der Waals surface area contributed by atoms with Crippen molar-refractivity contribution >= 4 is 17.5 Å². The average molecular weight is 283 g/mol. The second-order valence-corrected chi connectivity index (χ2v) is 5.18. The van der Waals surface area contributed by atoms with E-state index in [-0.39, 0.29) is 5.91 Å². The number of hydrogen-bond acceptors (Lipinski definition) is 3. The van der Waals surface area contributed by atoms with Gasteiger partial charge in [0.1, 0.15) is 5.75 Å². The summed E-state index contributed by atoms with van der Waals surface area (Å²) >= 11 is 5.90. The predicted molar refractivity (Wildman–Crippen MR) is 75.7 cm³/mol. The molecule has 1 aromatic rings. The summed E-state index contributed by atoms with van der Waals surface area (Å²) in [6.45, 7) is 6.89. The highest BCUT2D eigenvalue weighted by Crippen LogP contribution is 2.23. The molecular formula is C14H19ClN2O2. The standard InChI is InChI=1S/C14H19ClN2O2/c1-10-9-12(15)3-4-13(10)19-11(2)14(18)17-7-5-16-6-8-17/h3-4,9,11,16H,5-8H2,1-2H3. The number of carbonyl (C=O) groups is 1. The van der Waals surface area contributed by atoms with E-state index in [1.165, 1.54) is 0 Å². The number of ether oxygens (including phenoxy) is 1. The molecule has 2 rings (SSSR count). The van der Waals surface area contributed by atoms with Gasteiger partial charge in [-0.1, -0.05) is 11.6 Å². The summed E-state index contributed by atoms with van der Waals surface area (Å²) in [5.74, 6) is 0.747. The van der Waals surface area contributed by atoms with Gasteiger partial charge in [-0.05, 0) is 37.6 Å². The van der Waals surface area contributed by atoms with E-state index in [9.17, 15) is 4.79 Å². The van der Waals surface area contributed by atoms with Gasteiger partial charge < -0.3 is 15.0 Å². The lowest BCUT2D eigenvalue weighted by atomic mass is 10.2. The van der Waals surface area contributed by atoms with Crippen molar-refractivity contribution in [2.45, 2.75) is 20.0 Å². The lowest BCUT2D eigenvalue weighted by Crippen LogP contribution is -2.50. The Morgan fingerprint density at radius 1 is 1.42 bits per heavy atom. The number of rotatable bonds is 3. The summed E-state index contributed by atoms with van der Waals surface area (Å²) in [6.07, 6.45) is -0.474. The Kier molecular flexibility index (Phi) is 4.66. The van der Waals surface area contributed by atoms with Crippen LogP contribution in [0.4, 0.5) is 0 Å². The molecule has 1 amide bonds. The normalized spacial score (nSPS) is 17.1. The summed E-state index contributed by atoms with van der Waals surface area (Å²) < 4.78 is 5.74. The van der Waals surface area contributed by atoms with Crippen LogP contribution in [0.3, 0.4) is 0 Å². The molecule has 1 atom stereocenters. The lowest BCUT2D eigenvalue weighted by molar-refractivity contribution is -0.138. The van der Waals surface area contributed by atoms with Gasteiger partial charge in [-0.3, -0.25) is 4.79 Å². The number of halogens is 1. The molecule has 1 aliphatic rings. The highest BCUT2D eigenvalue weighted by molar-refractivity contribution is 6.30. The zero-order chi connectivity index (χ0) is 13.8. The molecule has 1 fully saturated rings. The number of amides is 1. The average Bonchev–Trinajstić information content (AvgIpc) is 2.42. The van der Waals surface area contributed by atoms with Crippen LogP contribution in [0.5, 0.6) is 5.75 Å². The van der Waals surface area contributed by atoms with Crippen LogP contribution in [0, 0.1) is 6.92 Å². The zero-order valence-corrected chi connectivity index (χ0v) is 12.0. The molecule has 1 aliphatic heterocycles. The van der Waals surface area contributed by atoms with Crippen LogP contribution < -0.4 is 10.1 Å². The lowest BCUT2D eigenvalue weighted by Gasteiger charge is -2.30. The number of benzene rings is 1. The molecule has 104 valence electrons. The number of carbonyl (C=O) groups excluding carboxylic acids is 1. The third-order valence-electron chi connectivity index (χ3n) is 3.22. The van der Waals surface area contributed by atoms with Gasteiger partial charge in [-0.15, -0.1) is 0 Å². The van der Waals surface area contributed by atoms with Crippen LogP contribution >= 0.6 is 11.6 Å². The molecular weight excluding hydrogens is 264 g/mol. The number of aryl methyl sites for hydroxylation is 1. The molecule has 19 heavy (non-hydrogen) atoms. The maximum Gasteiger partial charge on any atom is 0.263 e. The highest BCUT2D eigenvalue weighted by Gasteiger charge is 2.23. The first kappa shape index (κ1) is 14.2. The van der Waals surface area contributed by atoms with E-state index in [1.807, 2.05) is 17.9 Å². The maximum absolute atomic E-state index is 12.2. The van der Waals surface area contributed by atoms with Crippen LogP contribution in [0.25, 0.3) is 0 Å². The van der Waals surface area contributed by atoms with Crippen molar-refractivity contribution in [3.63, 3.8) is 0 Å². The summed E-state index contributed by atoms with van der Waals surface area (Å²) in [5.41, 5.74) is 0.937. The molecule has 0 saturated carbocycles. The van der Waals surface area contributed by atoms with Crippen LogP contribution in [0.2, 0.25) is 5.02 Å². The van der Waals surface area contributed by atoms with E-state index in [0.29, 0.717) is 10.8 Å². The zero-order valence-electron chi connectivity index (χ0n) is 11.3. The van der Waals surface area contributed by atoms with Gasteiger partial charge >= 0.3 is 0 Å². The van der Waals surface area contributed by atoms with Crippen LogP contribution in [-0.4, -0.2) is 43.1 Å². The highest BCUT2D eigenvalue weighted by atomic mass is 35.5. The first-order valence-corrected chi connectivity index (χ1v) is 6.88. The van der Waals surface area contributed by atoms with Gasteiger partial charge in [0.15, 0.2) is 6.10 Å². The van der Waals surface area contributed by atoms with E-state index >= 15 is 0 Å². The van der Waals surface area contributed by atoms with E-state index < -0.39 is 6.10 Å². The summed E-state index contributed by atoms with van der Waals surface area (Å²) in [4.78, 5) is 14.1. The van der Waals surface area contributed by atoms with Crippen molar-refractivity contribution in [3.8, 4) is 5.75 Å². The van der Waals surface area contributed by atoms with Gasteiger partial charge in [0.2, 0.25) is 0 Å². The topological polar surface area (TPSA) is 41.6 Å². The second kappa shape index (κ2) is 6.26. The van der Waals surface area contributed by atoms with E-state index in [1.54, 1.807) is 19.1 Å². The molecule has 1 saturated heterocycles. The van der Waals surface area contributed by atoms with Gasteiger partial charge in [-0.2, -0.15) is 0 Å². The molecule has 5 heteroatoms. The van der Waals surface area contributed by atoms with Gasteiger partial charge in [0.05, 0.1) is 0 Å². The Balaban J connectivity index is 1.99. The van der Waals surface area contributed by atoms with E-state index in [4.69, 9.17) is 16.3 Å². The Bertz CT molecular complexity index is 459. The molecule has 1 N–H and O–H groups in total. The predicted octanol–water partition coefficient (Wildman–Crippen LogP) is 1.85. The molecule has 0 bridgehead atoms. The number of nitrogens with zero attached hydrogens (tertiary/aromatic N) is 1. The van der Waals surface area contributed by atoms with Crippen molar-refractivity contribution in [3.05, 3.63) is 28.8 Å². The number of hydrogen-bond donors (Lipinski definition) is 1. The fourth-order valence-electron chi connectivity index (χ4n) is 2.13. The van der Waals surface area contributed by atoms with Crippen molar-refractivity contribution in [1.82, 2.24) is 10.2 Å². The third-order valence-corrected chi connectivity index (χ3v) is 3.45. The van der Waals surface area contributed by atoms with Crippen molar-refractivity contribution in [2.24, 2.45) is 0 Å². The molecule has 0 aromatic heterocycles. The summed E-state index contributed by atoms with van der Waals surface area (Å²) in [5, 5.41) is 3.90. The smallest absolute Gasteiger partial charge is 0.263 e. The van der Waals surface area contributed by atoms with Crippen LogP contribution in [0.15, 0.2) is 18.2 Å². The minimum Gasteiger partial charge on any atom is -0.481 e. The maximum atomic E-state index is 12.2. The molecule has 4 nitrogen and oxygen atoms in total. The van der Waals surface area contributed by atoms with E-state index in [0.717, 1.165) is 31.7 Å². The Labute approximate surface area is 118 Å². The van der Waals surface area contributed by atoms with Gasteiger partial charge in [0, 0.05) is 31.2 Å². The van der Waals surface area contributed by atoms with Crippen molar-refractivity contribution < 1.29 is 9.53 Å². The van der Waals surface area contributed by atoms with Gasteiger partial charge in [-0.25, -0.2) is 0 Å². The number of piperazine rings is 1. The quantitative estimate of drug-likeness (QED) is 0.920. The Morgan fingerprint density at radius 2 is 2.11 bits per heavy atom. The fourth-order valence-corrected chi connectivity index (χ4v) is 2.35. The monoisotopic (exact) mass is 282 g/mol. The van der Waals surface area contributed by atoms with Crippen molar-refractivity contribution in [2.75, 3.05) is 26.2 Å². The molecule has 0 spiro atoms. The molecule has 1 heterocycles. The summed E-state index contributed by atoms with van der Waals surface area (Å²) in [6, 6.07) is 5.41. The minimum atomic E-state index is -0.474. The molecule has 0 radical (unpaired) electrons. The van der Waals surface area contributed by atoms with Crippen LogP contribution in [0.1, 0.15) is 12.5 Å². The molecule has 0 aliphatic carbocycles. The SMILES string of the molecule is Cc1cc(Cl)ccc1OC(C)C(=O)N1CCNCC1. The molecule has 1 aromatic carbocycles. The fraction of sp³-hybridized carbons (Fsp3) is 0.500. The Morgan fingerprint density at radius 3 is 2.74 bits per heavy atom. The first-order chi connectivity index (χ1) is 9.08. The third kappa shape index (κ3) is 3.61. The largest absolute Gasteiger partial charge is 0.481 e. The van der Waals surface area contributed by atoms with E-state index in [2.05, 4.69) is 5.32 Å². The van der Waals surface area contributed by atoms with Crippen molar-refractivity contribution in [1.29, 1.82) is 0 Å². The minimum absolute atomic E-state index is 0.0378. The summed E-state index contributed by atoms with van der Waals surface area (Å²) in [7, 11) is 0. The molecule has 1 unspecified atom stereocenters.